The van der Waals surface area contributed by atoms with Crippen LogP contribution in [0, 0.1) is 0 Å². The van der Waals surface area contributed by atoms with Gasteiger partial charge in [-0.25, -0.2) is 4.98 Å². The number of rotatable bonds is 4. The smallest absolute Gasteiger partial charge is 0.181 e. The van der Waals surface area contributed by atoms with Gasteiger partial charge in [0.15, 0.2) is 5.78 Å². The molecule has 0 saturated carbocycles. The Morgan fingerprint density at radius 1 is 1.62 bits per heavy atom. The molecule has 0 amide bonds. The van der Waals surface area contributed by atoms with Gasteiger partial charge in [0, 0.05) is 13.5 Å². The van der Waals surface area contributed by atoms with Crippen LogP contribution in [0.2, 0.25) is 0 Å². The summed E-state index contributed by atoms with van der Waals surface area (Å²) in [7, 11) is 1.82. The normalized spacial score (nSPS) is 10.0. The summed E-state index contributed by atoms with van der Waals surface area (Å²) in [6.07, 6.45) is 4.51. The molecule has 0 spiro atoms. The third-order valence-electron chi connectivity index (χ3n) is 1.88. The molecule has 0 saturated heterocycles. The molecule has 3 nitrogen and oxygen atoms in total. The van der Waals surface area contributed by atoms with Crippen molar-refractivity contribution in [2.45, 2.75) is 19.8 Å². The van der Waals surface area contributed by atoms with Crippen molar-refractivity contribution < 1.29 is 4.79 Å². The van der Waals surface area contributed by atoms with Crippen LogP contribution in [0.4, 0.5) is 0 Å². The van der Waals surface area contributed by atoms with E-state index in [1.807, 2.05) is 14.0 Å². The predicted molar refractivity (Wildman–Crippen MR) is 51.6 cm³/mol. The molecule has 13 heavy (non-hydrogen) atoms. The summed E-state index contributed by atoms with van der Waals surface area (Å²) in [5, 5.41) is 0. The van der Waals surface area contributed by atoms with Crippen LogP contribution in [0.3, 0.4) is 0 Å². The minimum Gasteiger partial charge on any atom is -0.331 e. The first-order valence-electron chi connectivity index (χ1n) is 4.25. The van der Waals surface area contributed by atoms with Crippen molar-refractivity contribution in [3.63, 3.8) is 0 Å². The number of hydrogen-bond donors (Lipinski definition) is 0. The van der Waals surface area contributed by atoms with Gasteiger partial charge in [0.05, 0.1) is 12.5 Å². The number of aromatic nitrogens is 2. The van der Waals surface area contributed by atoms with Crippen molar-refractivity contribution in [2.75, 3.05) is 0 Å². The van der Waals surface area contributed by atoms with Crippen LogP contribution in [0.15, 0.2) is 24.7 Å². The Labute approximate surface area is 78.1 Å². The maximum Gasteiger partial charge on any atom is 0.181 e. The first-order chi connectivity index (χ1) is 6.11. The quantitative estimate of drug-likeness (QED) is 0.521. The summed E-state index contributed by atoms with van der Waals surface area (Å²) < 4.78 is 1.74. The fourth-order valence-electron chi connectivity index (χ4n) is 1.08. The van der Waals surface area contributed by atoms with Crippen molar-refractivity contribution in [1.29, 1.82) is 0 Å². The molecule has 1 rings (SSSR count). The summed E-state index contributed by atoms with van der Waals surface area (Å²) in [6.45, 7) is 5.68. The molecular weight excluding hydrogens is 164 g/mol. The summed E-state index contributed by atoms with van der Waals surface area (Å²) in [6, 6.07) is 0. The third-order valence-corrected chi connectivity index (χ3v) is 1.88. The number of aryl methyl sites for hydroxylation is 1. The highest BCUT2D eigenvalue weighted by Crippen LogP contribution is 2.07. The highest BCUT2D eigenvalue weighted by molar-refractivity contribution is 5.94. The van der Waals surface area contributed by atoms with Gasteiger partial charge in [0.25, 0.3) is 0 Å². The summed E-state index contributed by atoms with van der Waals surface area (Å²) in [4.78, 5) is 15.4. The molecule has 0 unspecified atom stereocenters. The molecule has 0 atom stereocenters. The highest BCUT2D eigenvalue weighted by Gasteiger charge is 2.08. The van der Waals surface area contributed by atoms with Crippen molar-refractivity contribution in [1.82, 2.24) is 9.55 Å². The first kappa shape index (κ1) is 9.71. The molecule has 70 valence electrons. The predicted octanol–water partition coefficient (Wildman–Crippen LogP) is 1.96. The van der Waals surface area contributed by atoms with Crippen LogP contribution in [-0.4, -0.2) is 15.3 Å². The standard InChI is InChI=1S/C10H14N2O/c1-8(2)4-5-10(13)9-6-11-7-12(9)3/h6-7H,1,4-5H2,2-3H3. The van der Waals surface area contributed by atoms with Crippen LogP contribution in [0.1, 0.15) is 30.3 Å². The maximum absolute atomic E-state index is 11.5. The van der Waals surface area contributed by atoms with E-state index in [9.17, 15) is 4.79 Å². The summed E-state index contributed by atoms with van der Waals surface area (Å²) >= 11 is 0. The van der Waals surface area contributed by atoms with Crippen molar-refractivity contribution >= 4 is 5.78 Å². The second-order valence-corrected chi connectivity index (χ2v) is 3.27. The number of nitrogens with zero attached hydrogens (tertiary/aromatic N) is 2. The highest BCUT2D eigenvalue weighted by atomic mass is 16.1. The van der Waals surface area contributed by atoms with E-state index >= 15 is 0 Å². The zero-order chi connectivity index (χ0) is 9.84. The van der Waals surface area contributed by atoms with Gasteiger partial charge in [-0.15, -0.1) is 6.58 Å². The molecule has 0 aliphatic carbocycles. The van der Waals surface area contributed by atoms with E-state index in [0.29, 0.717) is 12.1 Å². The summed E-state index contributed by atoms with van der Waals surface area (Å²) in [5.41, 5.74) is 1.71. The second kappa shape index (κ2) is 4.03. The SMILES string of the molecule is C=C(C)CCC(=O)c1cncn1C. The van der Waals surface area contributed by atoms with Crippen molar-refractivity contribution in [3.05, 3.63) is 30.4 Å². The van der Waals surface area contributed by atoms with Crippen LogP contribution in [0.5, 0.6) is 0 Å². The first-order valence-corrected chi connectivity index (χ1v) is 4.25. The van der Waals surface area contributed by atoms with E-state index in [0.717, 1.165) is 12.0 Å². The molecule has 0 aliphatic rings. The van der Waals surface area contributed by atoms with E-state index in [1.165, 1.54) is 0 Å². The van der Waals surface area contributed by atoms with E-state index in [-0.39, 0.29) is 5.78 Å². The van der Waals surface area contributed by atoms with E-state index in [4.69, 9.17) is 0 Å². The lowest BCUT2D eigenvalue weighted by Gasteiger charge is -2.00. The molecule has 1 heterocycles. The number of carbonyl (C=O) groups is 1. The van der Waals surface area contributed by atoms with Crippen LogP contribution < -0.4 is 0 Å². The molecule has 0 N–H and O–H groups in total. The van der Waals surface area contributed by atoms with Crippen molar-refractivity contribution in [3.8, 4) is 0 Å². The lowest BCUT2D eigenvalue weighted by Crippen LogP contribution is -2.04. The average molecular weight is 178 g/mol. The number of allylic oxidation sites excluding steroid dienone is 1. The lowest BCUT2D eigenvalue weighted by atomic mass is 10.1. The number of carbonyl (C=O) groups excluding carboxylic acids is 1. The topological polar surface area (TPSA) is 34.9 Å². The largest absolute Gasteiger partial charge is 0.331 e. The Morgan fingerprint density at radius 2 is 2.31 bits per heavy atom. The van der Waals surface area contributed by atoms with Gasteiger partial charge in [-0.3, -0.25) is 4.79 Å². The van der Waals surface area contributed by atoms with Crippen LogP contribution >= 0.6 is 0 Å². The number of imidazole rings is 1. The summed E-state index contributed by atoms with van der Waals surface area (Å²) in [5.74, 6) is 0.128. The second-order valence-electron chi connectivity index (χ2n) is 3.27. The number of ketones is 1. The van der Waals surface area contributed by atoms with E-state index in [1.54, 1.807) is 17.1 Å². The molecule has 0 bridgehead atoms. The Hall–Kier alpha value is -1.38. The fraction of sp³-hybridized carbons (Fsp3) is 0.400. The number of Topliss-reactive ketones (excluding diaryl/α,β-unsaturated/α-hetero) is 1. The molecule has 3 heteroatoms. The fourth-order valence-corrected chi connectivity index (χ4v) is 1.08. The van der Waals surface area contributed by atoms with Gasteiger partial charge in [-0.2, -0.15) is 0 Å². The lowest BCUT2D eigenvalue weighted by molar-refractivity contribution is 0.0975. The van der Waals surface area contributed by atoms with Crippen LogP contribution in [0.25, 0.3) is 0 Å². The van der Waals surface area contributed by atoms with Gasteiger partial charge in [0.2, 0.25) is 0 Å². The van der Waals surface area contributed by atoms with E-state index < -0.39 is 0 Å². The van der Waals surface area contributed by atoms with Crippen molar-refractivity contribution in [2.24, 2.45) is 7.05 Å². The van der Waals surface area contributed by atoms with Gasteiger partial charge >= 0.3 is 0 Å². The molecule has 0 aromatic carbocycles. The Bertz CT molecular complexity index is 325. The monoisotopic (exact) mass is 178 g/mol. The maximum atomic E-state index is 11.5. The zero-order valence-electron chi connectivity index (χ0n) is 8.08. The molecule has 0 fully saturated rings. The molecule has 0 radical (unpaired) electrons. The molecular formula is C10H14N2O. The zero-order valence-corrected chi connectivity index (χ0v) is 8.08. The van der Waals surface area contributed by atoms with E-state index in [2.05, 4.69) is 11.6 Å². The molecule has 1 aromatic heterocycles. The minimum absolute atomic E-state index is 0.128. The third kappa shape index (κ3) is 2.54. The Balaban J connectivity index is 2.59. The van der Waals surface area contributed by atoms with Gasteiger partial charge < -0.3 is 4.57 Å². The van der Waals surface area contributed by atoms with Gasteiger partial charge in [-0.1, -0.05) is 5.57 Å². The molecule has 0 aliphatic heterocycles. The minimum atomic E-state index is 0.128. The Kier molecular flexibility index (Phi) is 3.01. The van der Waals surface area contributed by atoms with Gasteiger partial charge in [-0.05, 0) is 13.3 Å². The van der Waals surface area contributed by atoms with Crippen LogP contribution in [-0.2, 0) is 7.05 Å². The van der Waals surface area contributed by atoms with Gasteiger partial charge in [0.1, 0.15) is 5.69 Å². The molecule has 1 aromatic rings. The average Bonchev–Trinajstić information content (AvgIpc) is 2.47. The number of hydrogen-bond acceptors (Lipinski definition) is 2. The Morgan fingerprint density at radius 3 is 2.77 bits per heavy atom.